The first-order chi connectivity index (χ1) is 14.7. The van der Waals surface area contributed by atoms with Gasteiger partial charge in [-0.1, -0.05) is 83.3 Å². The first-order valence-corrected chi connectivity index (χ1v) is 12.5. The topological polar surface area (TPSA) is 79.2 Å². The number of hydrogen-bond donors (Lipinski definition) is 3. The van der Waals surface area contributed by atoms with Gasteiger partial charge >= 0.3 is 0 Å². The van der Waals surface area contributed by atoms with Crippen molar-refractivity contribution >= 4 is 0 Å². The van der Waals surface area contributed by atoms with Crippen LogP contribution in [0.15, 0.2) is 12.2 Å². The van der Waals surface area contributed by atoms with Crippen LogP contribution in [0.5, 0.6) is 0 Å². The average Bonchev–Trinajstić information content (AvgIpc) is 3.08. The third-order valence-electron chi connectivity index (χ3n) is 5.91. The van der Waals surface area contributed by atoms with E-state index in [2.05, 4.69) is 19.1 Å². The molecule has 3 N–H and O–H groups in total. The zero-order valence-corrected chi connectivity index (χ0v) is 19.4. The molecule has 0 saturated carbocycles. The summed E-state index contributed by atoms with van der Waals surface area (Å²) in [6.07, 6.45) is 20.5. The van der Waals surface area contributed by atoms with E-state index < -0.39 is 24.4 Å². The van der Waals surface area contributed by atoms with Crippen LogP contribution in [0.1, 0.15) is 103 Å². The summed E-state index contributed by atoms with van der Waals surface area (Å²) in [7, 11) is 0. The van der Waals surface area contributed by atoms with Gasteiger partial charge in [-0.2, -0.15) is 0 Å². The molecule has 1 aliphatic heterocycles. The Morgan fingerprint density at radius 1 is 0.833 bits per heavy atom. The van der Waals surface area contributed by atoms with E-state index in [1.54, 1.807) is 0 Å². The minimum Gasteiger partial charge on any atom is -0.388 e. The van der Waals surface area contributed by atoms with Crippen LogP contribution < -0.4 is 0 Å². The van der Waals surface area contributed by atoms with E-state index in [0.29, 0.717) is 6.61 Å². The lowest BCUT2D eigenvalue weighted by Crippen LogP contribution is -2.40. The molecule has 1 saturated heterocycles. The first kappa shape index (κ1) is 27.6. The monoisotopic (exact) mass is 428 g/mol. The summed E-state index contributed by atoms with van der Waals surface area (Å²) in [5.41, 5.74) is 0. The average molecular weight is 429 g/mol. The Morgan fingerprint density at radius 3 is 1.90 bits per heavy atom. The molecular formula is C25H48O5. The van der Waals surface area contributed by atoms with Crippen molar-refractivity contribution in [3.63, 3.8) is 0 Å². The molecule has 1 heterocycles. The van der Waals surface area contributed by atoms with Gasteiger partial charge in [-0.3, -0.25) is 0 Å². The van der Waals surface area contributed by atoms with Gasteiger partial charge in [-0.15, -0.1) is 0 Å². The van der Waals surface area contributed by atoms with E-state index in [1.165, 1.54) is 83.5 Å². The van der Waals surface area contributed by atoms with Crippen molar-refractivity contribution in [3.05, 3.63) is 12.2 Å². The van der Waals surface area contributed by atoms with Gasteiger partial charge in [0, 0.05) is 6.61 Å². The lowest BCUT2D eigenvalue weighted by Gasteiger charge is -2.20. The zero-order chi connectivity index (χ0) is 21.9. The van der Waals surface area contributed by atoms with E-state index in [0.717, 1.165) is 12.8 Å². The largest absolute Gasteiger partial charge is 0.388 e. The van der Waals surface area contributed by atoms with Crippen LogP contribution in [0, 0.1) is 0 Å². The highest BCUT2D eigenvalue weighted by atomic mass is 16.5. The normalized spacial score (nSPS) is 22.9. The summed E-state index contributed by atoms with van der Waals surface area (Å²) in [4.78, 5) is 0. The number of rotatable bonds is 20. The molecule has 30 heavy (non-hydrogen) atoms. The molecule has 0 radical (unpaired) electrons. The molecule has 0 amide bonds. The van der Waals surface area contributed by atoms with Crippen LogP contribution in [-0.4, -0.2) is 59.6 Å². The Bertz CT molecular complexity index is 401. The predicted molar refractivity (Wildman–Crippen MR) is 123 cm³/mol. The Morgan fingerprint density at radius 2 is 1.37 bits per heavy atom. The molecule has 0 aliphatic carbocycles. The highest BCUT2D eigenvalue weighted by Crippen LogP contribution is 2.18. The molecule has 0 unspecified atom stereocenters. The first-order valence-electron chi connectivity index (χ1n) is 12.5. The molecule has 5 heteroatoms. The third kappa shape index (κ3) is 13.8. The Hall–Kier alpha value is -0.460. The van der Waals surface area contributed by atoms with Crippen molar-refractivity contribution in [2.45, 2.75) is 128 Å². The molecule has 4 atom stereocenters. The van der Waals surface area contributed by atoms with Crippen LogP contribution in [0.3, 0.4) is 0 Å². The van der Waals surface area contributed by atoms with Crippen LogP contribution >= 0.6 is 0 Å². The van der Waals surface area contributed by atoms with Crippen LogP contribution in [0.4, 0.5) is 0 Å². The molecule has 178 valence electrons. The number of aliphatic hydroxyl groups excluding tert-OH is 3. The number of aliphatic hydroxyl groups is 3. The number of hydrogen-bond acceptors (Lipinski definition) is 5. The maximum atomic E-state index is 9.95. The van der Waals surface area contributed by atoms with Gasteiger partial charge in [0.25, 0.3) is 0 Å². The van der Waals surface area contributed by atoms with Crippen LogP contribution in [0.2, 0.25) is 0 Å². The van der Waals surface area contributed by atoms with Crippen molar-refractivity contribution in [3.8, 4) is 0 Å². The van der Waals surface area contributed by atoms with E-state index in [9.17, 15) is 15.3 Å². The maximum absolute atomic E-state index is 9.95. The highest BCUT2D eigenvalue weighted by Gasteiger charge is 2.39. The predicted octanol–water partition coefficient (Wildman–Crippen LogP) is 4.91. The fourth-order valence-electron chi connectivity index (χ4n) is 3.89. The van der Waals surface area contributed by atoms with E-state index in [1.807, 2.05) is 0 Å². The molecular weight excluding hydrogens is 380 g/mol. The third-order valence-corrected chi connectivity index (χ3v) is 5.91. The second-order valence-electron chi connectivity index (χ2n) is 8.79. The zero-order valence-electron chi connectivity index (χ0n) is 19.4. The number of unbranched alkanes of at least 4 members (excludes halogenated alkanes) is 13. The maximum Gasteiger partial charge on any atom is 0.114 e. The highest BCUT2D eigenvalue weighted by molar-refractivity contribution is 4.87. The van der Waals surface area contributed by atoms with Gasteiger partial charge in [0.2, 0.25) is 0 Å². The van der Waals surface area contributed by atoms with E-state index in [-0.39, 0.29) is 13.2 Å². The summed E-state index contributed by atoms with van der Waals surface area (Å²) < 4.78 is 10.7. The molecule has 0 spiro atoms. The fourth-order valence-corrected chi connectivity index (χ4v) is 3.89. The smallest absolute Gasteiger partial charge is 0.114 e. The Labute approximate surface area is 184 Å². The van der Waals surface area contributed by atoms with Gasteiger partial charge < -0.3 is 24.8 Å². The molecule has 1 rings (SSSR count). The van der Waals surface area contributed by atoms with Crippen molar-refractivity contribution in [1.29, 1.82) is 0 Å². The number of ether oxygens (including phenoxy) is 2. The second-order valence-corrected chi connectivity index (χ2v) is 8.79. The summed E-state index contributed by atoms with van der Waals surface area (Å²) in [5, 5.41) is 29.1. The summed E-state index contributed by atoms with van der Waals surface area (Å²) in [6, 6.07) is 0. The summed E-state index contributed by atoms with van der Waals surface area (Å²) >= 11 is 0. The van der Waals surface area contributed by atoms with Crippen LogP contribution in [-0.2, 0) is 9.47 Å². The van der Waals surface area contributed by atoms with Crippen molar-refractivity contribution in [1.82, 2.24) is 0 Å². The van der Waals surface area contributed by atoms with Gasteiger partial charge in [-0.25, -0.2) is 0 Å². The van der Waals surface area contributed by atoms with Crippen molar-refractivity contribution in [2.24, 2.45) is 0 Å². The molecule has 0 aromatic rings. The SMILES string of the molecule is CCCCCCCCCC/C=C/CCCCCCCOC[C@H](O)[C@@H]1OC[C@@H](O)[C@@H]1O. The summed E-state index contributed by atoms with van der Waals surface area (Å²) in [6.45, 7) is 3.09. The van der Waals surface area contributed by atoms with E-state index >= 15 is 0 Å². The summed E-state index contributed by atoms with van der Waals surface area (Å²) in [5.74, 6) is 0. The fraction of sp³-hybridized carbons (Fsp3) is 0.920. The Kier molecular flexibility index (Phi) is 17.7. The lowest BCUT2D eigenvalue weighted by molar-refractivity contribution is -0.0813. The molecule has 0 aromatic carbocycles. The van der Waals surface area contributed by atoms with Crippen LogP contribution in [0.25, 0.3) is 0 Å². The van der Waals surface area contributed by atoms with Gasteiger partial charge in [-0.05, 0) is 32.1 Å². The van der Waals surface area contributed by atoms with E-state index in [4.69, 9.17) is 9.47 Å². The quantitative estimate of drug-likeness (QED) is 0.190. The van der Waals surface area contributed by atoms with Crippen molar-refractivity contribution < 1.29 is 24.8 Å². The molecule has 1 aliphatic rings. The van der Waals surface area contributed by atoms with Gasteiger partial charge in [0.1, 0.15) is 24.4 Å². The molecule has 0 aromatic heterocycles. The van der Waals surface area contributed by atoms with Gasteiger partial charge in [0.15, 0.2) is 0 Å². The molecule has 1 fully saturated rings. The van der Waals surface area contributed by atoms with Crippen molar-refractivity contribution in [2.75, 3.05) is 19.8 Å². The minimum absolute atomic E-state index is 0.0667. The Balaban J connectivity index is 1.78. The minimum atomic E-state index is -1.03. The number of allylic oxidation sites excluding steroid dienone is 2. The molecule has 0 bridgehead atoms. The molecule has 5 nitrogen and oxygen atoms in total. The standard InChI is InChI=1S/C25H48O5/c1-2-3-4-5-6-7-8-9-10-11-12-13-14-15-16-17-18-19-29-20-23(27)25-24(28)22(26)21-30-25/h11-12,22-28H,2-10,13-21H2,1H3/b12-11+/t22-,23+,24+,25+/m1/s1. The second kappa shape index (κ2) is 19.2. The van der Waals surface area contributed by atoms with Gasteiger partial charge in [0.05, 0.1) is 13.2 Å². The lowest BCUT2D eigenvalue weighted by atomic mass is 10.1.